The Kier molecular flexibility index (Phi) is 6.67. The Morgan fingerprint density at radius 2 is 1.95 bits per heavy atom. The number of anilines is 2. The van der Waals surface area contributed by atoms with Crippen molar-refractivity contribution in [2.75, 3.05) is 30.4 Å². The van der Waals surface area contributed by atoms with Crippen LogP contribution < -0.4 is 10.6 Å². The molecule has 0 aromatic carbocycles. The molecule has 0 saturated heterocycles. The minimum Gasteiger partial charge on any atom is -0.394 e. The van der Waals surface area contributed by atoms with Gasteiger partial charge in [0.2, 0.25) is 0 Å². The molecule has 0 unspecified atom stereocenters. The van der Waals surface area contributed by atoms with Crippen molar-refractivity contribution in [2.45, 2.75) is 46.3 Å². The lowest BCUT2D eigenvalue weighted by molar-refractivity contribution is 0.128. The fraction of sp³-hybridized carbons (Fsp3) is 0.714. The quantitative estimate of drug-likeness (QED) is 0.643. The topological polar surface area (TPSA) is 79.3 Å². The van der Waals surface area contributed by atoms with E-state index in [1.807, 2.05) is 26.8 Å². The molecule has 0 fully saturated rings. The third-order valence-electron chi connectivity index (χ3n) is 2.63. The summed E-state index contributed by atoms with van der Waals surface area (Å²) in [5.74, 6) is 2.09. The normalized spacial score (nSPS) is 11.4. The van der Waals surface area contributed by atoms with E-state index < -0.39 is 5.54 Å². The summed E-state index contributed by atoms with van der Waals surface area (Å²) in [7, 11) is 0. The lowest BCUT2D eigenvalue weighted by Gasteiger charge is -2.24. The molecule has 0 saturated carbocycles. The molecule has 3 N–H and O–H groups in total. The maximum atomic E-state index is 9.33. The van der Waals surface area contributed by atoms with Gasteiger partial charge in [-0.15, -0.1) is 0 Å². The van der Waals surface area contributed by atoms with Crippen LogP contribution in [-0.4, -0.2) is 40.4 Å². The van der Waals surface area contributed by atoms with Crippen molar-refractivity contribution in [3.8, 4) is 0 Å². The highest BCUT2D eigenvalue weighted by molar-refractivity contribution is 5.48. The summed E-state index contributed by atoms with van der Waals surface area (Å²) in [6.45, 7) is 9.75. The molecule has 1 rings (SSSR count). The molecule has 0 bridgehead atoms. The van der Waals surface area contributed by atoms with Crippen molar-refractivity contribution in [1.82, 2.24) is 9.97 Å². The molecule has 0 atom stereocenters. The Morgan fingerprint density at radius 1 is 1.25 bits per heavy atom. The van der Waals surface area contributed by atoms with Crippen LogP contribution in [0.3, 0.4) is 0 Å². The Bertz CT molecular complexity index is 384. The summed E-state index contributed by atoms with van der Waals surface area (Å²) in [4.78, 5) is 8.83. The first kappa shape index (κ1) is 16.7. The predicted molar refractivity (Wildman–Crippen MR) is 80.9 cm³/mol. The standard InChI is InChI=1S/C14H26N4O2/c1-5-7-15-11-8-12(18-14(3,4)10-19)17-13(16-11)9-20-6-2/h8,19H,5-7,9-10H2,1-4H3,(H2,15,16,17,18). The minimum atomic E-state index is -0.431. The van der Waals surface area contributed by atoms with Crippen LogP contribution in [0.5, 0.6) is 0 Å². The van der Waals surface area contributed by atoms with Crippen LogP contribution in [0, 0.1) is 0 Å². The van der Waals surface area contributed by atoms with Gasteiger partial charge in [-0.05, 0) is 27.2 Å². The molecule has 1 heterocycles. The molecule has 0 radical (unpaired) electrons. The number of hydrogen-bond acceptors (Lipinski definition) is 6. The van der Waals surface area contributed by atoms with E-state index >= 15 is 0 Å². The van der Waals surface area contributed by atoms with Crippen LogP contribution in [0.1, 0.15) is 39.9 Å². The SMILES string of the molecule is CCCNc1cc(NC(C)(C)CO)nc(COCC)n1. The predicted octanol–water partition coefficient (Wildman–Crippen LogP) is 2.02. The number of aromatic nitrogens is 2. The van der Waals surface area contributed by atoms with Gasteiger partial charge in [0.15, 0.2) is 5.82 Å². The molecule has 0 amide bonds. The number of aliphatic hydroxyl groups excluding tert-OH is 1. The third-order valence-corrected chi connectivity index (χ3v) is 2.63. The zero-order chi connectivity index (χ0) is 15.0. The Morgan fingerprint density at radius 3 is 2.55 bits per heavy atom. The van der Waals surface area contributed by atoms with Gasteiger partial charge >= 0.3 is 0 Å². The lowest BCUT2D eigenvalue weighted by atomic mass is 10.1. The molecule has 114 valence electrons. The molecular weight excluding hydrogens is 256 g/mol. The average Bonchev–Trinajstić information content (AvgIpc) is 2.42. The van der Waals surface area contributed by atoms with Gasteiger partial charge in [-0.2, -0.15) is 0 Å². The van der Waals surface area contributed by atoms with Gasteiger partial charge in [0.25, 0.3) is 0 Å². The molecule has 1 aromatic rings. The fourth-order valence-electron chi connectivity index (χ4n) is 1.55. The molecule has 20 heavy (non-hydrogen) atoms. The molecule has 1 aromatic heterocycles. The van der Waals surface area contributed by atoms with Crippen molar-refractivity contribution in [3.63, 3.8) is 0 Å². The first-order valence-corrected chi connectivity index (χ1v) is 7.09. The van der Waals surface area contributed by atoms with E-state index in [1.54, 1.807) is 0 Å². The van der Waals surface area contributed by atoms with Gasteiger partial charge in [0.1, 0.15) is 18.2 Å². The van der Waals surface area contributed by atoms with E-state index in [4.69, 9.17) is 4.74 Å². The molecule has 0 aliphatic rings. The Labute approximate surface area is 121 Å². The van der Waals surface area contributed by atoms with Gasteiger partial charge in [-0.3, -0.25) is 0 Å². The summed E-state index contributed by atoms with van der Waals surface area (Å²) in [5.41, 5.74) is -0.431. The van der Waals surface area contributed by atoms with Crippen molar-refractivity contribution >= 4 is 11.6 Å². The Hall–Kier alpha value is -1.40. The second kappa shape index (κ2) is 8.01. The van der Waals surface area contributed by atoms with Crippen molar-refractivity contribution < 1.29 is 9.84 Å². The monoisotopic (exact) mass is 282 g/mol. The molecular formula is C14H26N4O2. The smallest absolute Gasteiger partial charge is 0.158 e. The number of aliphatic hydroxyl groups is 1. The number of rotatable bonds is 9. The van der Waals surface area contributed by atoms with E-state index in [1.165, 1.54) is 0 Å². The molecule has 0 spiro atoms. The number of nitrogens with one attached hydrogen (secondary N) is 2. The van der Waals surface area contributed by atoms with Crippen LogP contribution >= 0.6 is 0 Å². The molecule has 6 nitrogen and oxygen atoms in total. The van der Waals surface area contributed by atoms with E-state index in [0.717, 1.165) is 18.8 Å². The zero-order valence-electron chi connectivity index (χ0n) is 12.9. The number of hydrogen-bond donors (Lipinski definition) is 3. The maximum Gasteiger partial charge on any atom is 0.158 e. The highest BCUT2D eigenvalue weighted by atomic mass is 16.5. The largest absolute Gasteiger partial charge is 0.394 e. The van der Waals surface area contributed by atoms with E-state index in [2.05, 4.69) is 27.5 Å². The van der Waals surface area contributed by atoms with Gasteiger partial charge in [0, 0.05) is 19.2 Å². The lowest BCUT2D eigenvalue weighted by Crippen LogP contribution is -2.35. The molecule has 0 aliphatic heterocycles. The third kappa shape index (κ3) is 5.71. The van der Waals surface area contributed by atoms with Crippen LogP contribution in [0.2, 0.25) is 0 Å². The summed E-state index contributed by atoms with van der Waals surface area (Å²) in [6, 6.07) is 1.85. The molecule has 6 heteroatoms. The second-order valence-corrected chi connectivity index (χ2v) is 5.29. The fourth-order valence-corrected chi connectivity index (χ4v) is 1.55. The molecule has 0 aliphatic carbocycles. The second-order valence-electron chi connectivity index (χ2n) is 5.29. The highest BCUT2D eigenvalue weighted by Crippen LogP contribution is 2.16. The van der Waals surface area contributed by atoms with Gasteiger partial charge in [-0.1, -0.05) is 6.92 Å². The summed E-state index contributed by atoms with van der Waals surface area (Å²) >= 11 is 0. The van der Waals surface area contributed by atoms with Crippen molar-refractivity contribution in [3.05, 3.63) is 11.9 Å². The van der Waals surface area contributed by atoms with Crippen LogP contribution in [-0.2, 0) is 11.3 Å². The Balaban J connectivity index is 2.90. The average molecular weight is 282 g/mol. The first-order chi connectivity index (χ1) is 9.50. The first-order valence-electron chi connectivity index (χ1n) is 7.09. The van der Waals surface area contributed by atoms with Crippen LogP contribution in [0.25, 0.3) is 0 Å². The summed E-state index contributed by atoms with van der Waals surface area (Å²) in [6.07, 6.45) is 1.02. The highest BCUT2D eigenvalue weighted by Gasteiger charge is 2.17. The zero-order valence-corrected chi connectivity index (χ0v) is 12.9. The summed E-state index contributed by atoms with van der Waals surface area (Å²) < 4.78 is 5.36. The number of ether oxygens (including phenoxy) is 1. The van der Waals surface area contributed by atoms with E-state index in [0.29, 0.717) is 24.9 Å². The van der Waals surface area contributed by atoms with Crippen LogP contribution in [0.4, 0.5) is 11.6 Å². The van der Waals surface area contributed by atoms with E-state index in [9.17, 15) is 5.11 Å². The summed E-state index contributed by atoms with van der Waals surface area (Å²) in [5, 5.41) is 15.8. The van der Waals surface area contributed by atoms with Crippen LogP contribution in [0.15, 0.2) is 6.07 Å². The van der Waals surface area contributed by atoms with Gasteiger partial charge in [0.05, 0.1) is 12.1 Å². The maximum absolute atomic E-state index is 9.33. The van der Waals surface area contributed by atoms with Gasteiger partial charge in [-0.25, -0.2) is 9.97 Å². The number of nitrogens with zero attached hydrogens (tertiary/aromatic N) is 2. The minimum absolute atomic E-state index is 0.0233. The van der Waals surface area contributed by atoms with Crippen molar-refractivity contribution in [1.29, 1.82) is 0 Å². The van der Waals surface area contributed by atoms with Gasteiger partial charge < -0.3 is 20.5 Å². The van der Waals surface area contributed by atoms with E-state index in [-0.39, 0.29) is 6.61 Å². The van der Waals surface area contributed by atoms with Crippen molar-refractivity contribution in [2.24, 2.45) is 0 Å².